The van der Waals surface area contributed by atoms with E-state index in [1.807, 2.05) is 6.07 Å². The van der Waals surface area contributed by atoms with Crippen LogP contribution in [0.5, 0.6) is 5.88 Å². The maximum absolute atomic E-state index is 15.5. The van der Waals surface area contributed by atoms with Gasteiger partial charge in [0.15, 0.2) is 0 Å². The normalized spacial score (nSPS) is 11.0. The third-order valence-corrected chi connectivity index (χ3v) is 6.55. The number of carboxylic acid groups (broad SMARTS) is 1. The average Bonchev–Trinajstić information content (AvgIpc) is 3.33. The van der Waals surface area contributed by atoms with Crippen LogP contribution in [0, 0.1) is 28.8 Å². The molecule has 9 nitrogen and oxygen atoms in total. The number of aromatic carboxylic acids is 1. The summed E-state index contributed by atoms with van der Waals surface area (Å²) in [4.78, 5) is 24.2. The number of aromatic nitrogens is 4. The number of methoxy groups -OCH3 is 1. The molecule has 0 aliphatic heterocycles. The van der Waals surface area contributed by atoms with Crippen molar-refractivity contribution in [3.8, 4) is 23.2 Å². The van der Waals surface area contributed by atoms with E-state index in [0.29, 0.717) is 16.9 Å². The van der Waals surface area contributed by atoms with Crippen molar-refractivity contribution in [3.05, 3.63) is 106 Å². The molecule has 2 aromatic heterocycles. The lowest BCUT2D eigenvalue weighted by Crippen LogP contribution is -2.11. The van der Waals surface area contributed by atoms with E-state index in [-0.39, 0.29) is 65.6 Å². The van der Waals surface area contributed by atoms with Gasteiger partial charge in [0, 0.05) is 49.2 Å². The maximum Gasteiger partial charge on any atom is 0.335 e. The van der Waals surface area contributed by atoms with Crippen LogP contribution in [0.25, 0.3) is 22.3 Å². The number of nitriles is 1. The van der Waals surface area contributed by atoms with Crippen molar-refractivity contribution in [1.29, 1.82) is 5.26 Å². The molecule has 0 atom stereocenters. The molecule has 42 heavy (non-hydrogen) atoms. The number of halogens is 3. The first kappa shape index (κ1) is 28.3. The number of carbonyl (C=O) groups is 1. The van der Waals surface area contributed by atoms with Crippen molar-refractivity contribution in [2.24, 2.45) is 0 Å². The van der Waals surface area contributed by atoms with E-state index in [4.69, 9.17) is 14.7 Å². The van der Waals surface area contributed by atoms with Gasteiger partial charge in [-0.25, -0.2) is 32.9 Å². The fraction of sp³-hybridized carbons (Fsp3) is 0.167. The van der Waals surface area contributed by atoms with Crippen LogP contribution in [-0.2, 0) is 24.3 Å². The van der Waals surface area contributed by atoms with Gasteiger partial charge in [0.1, 0.15) is 35.6 Å². The average molecular weight is 574 g/mol. The molecular formula is C30H22F3N5O4. The standard InChI is InChI=1S/C30H22F3N5O4/c1-41-9-8-38-26-13-18(30(39)40)4-5-25(26)37-27(38)14-21-23(32)11-20(12-24(21)33)28-29(36-7-6-35-28)42-16-19-3-2-17(15-34)10-22(19)31/h2-7,10-13H,8-9,14,16H2,1H3,(H,39,40). The van der Waals surface area contributed by atoms with Crippen molar-refractivity contribution >= 4 is 17.0 Å². The molecule has 12 heteroatoms. The Labute approximate surface area is 237 Å². The Bertz CT molecular complexity index is 1830. The number of rotatable bonds is 10. The first-order chi connectivity index (χ1) is 20.3. The summed E-state index contributed by atoms with van der Waals surface area (Å²) in [6, 6.07) is 12.4. The van der Waals surface area contributed by atoms with Gasteiger partial charge in [-0.1, -0.05) is 6.07 Å². The van der Waals surface area contributed by atoms with E-state index >= 15 is 8.78 Å². The van der Waals surface area contributed by atoms with Crippen LogP contribution in [0.3, 0.4) is 0 Å². The number of ether oxygens (including phenoxy) is 2. The molecule has 0 spiro atoms. The Balaban J connectivity index is 1.45. The zero-order valence-corrected chi connectivity index (χ0v) is 22.1. The van der Waals surface area contributed by atoms with Crippen molar-refractivity contribution in [2.75, 3.05) is 13.7 Å². The fourth-order valence-electron chi connectivity index (χ4n) is 4.45. The van der Waals surface area contributed by atoms with Crippen LogP contribution in [0.2, 0.25) is 0 Å². The van der Waals surface area contributed by atoms with Gasteiger partial charge in [0.05, 0.1) is 34.8 Å². The highest BCUT2D eigenvalue weighted by molar-refractivity contribution is 5.92. The monoisotopic (exact) mass is 573 g/mol. The van der Waals surface area contributed by atoms with E-state index < -0.39 is 23.4 Å². The molecule has 0 saturated carbocycles. The van der Waals surface area contributed by atoms with E-state index in [0.717, 1.165) is 18.2 Å². The molecule has 5 aromatic rings. The Morgan fingerprint density at radius 1 is 1.02 bits per heavy atom. The van der Waals surface area contributed by atoms with Crippen LogP contribution >= 0.6 is 0 Å². The summed E-state index contributed by atoms with van der Waals surface area (Å²) < 4.78 is 57.7. The second-order valence-electron chi connectivity index (χ2n) is 9.19. The molecular weight excluding hydrogens is 551 g/mol. The van der Waals surface area contributed by atoms with Gasteiger partial charge in [0.25, 0.3) is 0 Å². The fourth-order valence-corrected chi connectivity index (χ4v) is 4.45. The first-order valence-corrected chi connectivity index (χ1v) is 12.6. The summed E-state index contributed by atoms with van der Waals surface area (Å²) in [5.74, 6) is -3.23. The quantitative estimate of drug-likeness (QED) is 0.239. The molecule has 0 saturated heterocycles. The summed E-state index contributed by atoms with van der Waals surface area (Å²) in [5, 5.41) is 18.3. The van der Waals surface area contributed by atoms with Crippen LogP contribution in [0.15, 0.2) is 60.9 Å². The second kappa shape index (κ2) is 12.1. The minimum atomic E-state index is -1.11. The smallest absolute Gasteiger partial charge is 0.335 e. The van der Waals surface area contributed by atoms with E-state index in [1.54, 1.807) is 10.6 Å². The Morgan fingerprint density at radius 2 is 1.79 bits per heavy atom. The highest BCUT2D eigenvalue weighted by Gasteiger charge is 2.21. The third-order valence-electron chi connectivity index (χ3n) is 6.55. The van der Waals surface area contributed by atoms with Gasteiger partial charge in [-0.3, -0.25) is 0 Å². The minimum Gasteiger partial charge on any atom is -0.478 e. The topological polar surface area (TPSA) is 123 Å². The largest absolute Gasteiger partial charge is 0.478 e. The Morgan fingerprint density at radius 3 is 2.48 bits per heavy atom. The molecule has 212 valence electrons. The van der Waals surface area contributed by atoms with Crippen molar-refractivity contribution in [2.45, 2.75) is 19.6 Å². The summed E-state index contributed by atoms with van der Waals surface area (Å²) in [7, 11) is 1.50. The highest BCUT2D eigenvalue weighted by atomic mass is 19.1. The number of imidazole rings is 1. The van der Waals surface area contributed by atoms with Crippen LogP contribution in [0.1, 0.15) is 32.9 Å². The van der Waals surface area contributed by atoms with Gasteiger partial charge >= 0.3 is 5.97 Å². The van der Waals surface area contributed by atoms with E-state index in [9.17, 15) is 14.3 Å². The van der Waals surface area contributed by atoms with Gasteiger partial charge in [-0.2, -0.15) is 5.26 Å². The number of nitrogens with zero attached hydrogens (tertiary/aromatic N) is 5. The lowest BCUT2D eigenvalue weighted by atomic mass is 10.0. The van der Waals surface area contributed by atoms with Crippen LogP contribution in [0.4, 0.5) is 13.2 Å². The number of hydrogen-bond acceptors (Lipinski definition) is 7. The molecule has 0 amide bonds. The third kappa shape index (κ3) is 5.77. The molecule has 2 heterocycles. The predicted molar refractivity (Wildman–Crippen MR) is 144 cm³/mol. The van der Waals surface area contributed by atoms with Crippen molar-refractivity contribution in [1.82, 2.24) is 19.5 Å². The molecule has 5 rings (SSSR count). The SMILES string of the molecule is COCCn1c(Cc2c(F)cc(-c3nccnc3OCc3ccc(C#N)cc3F)cc2F)nc2ccc(C(=O)O)cc21. The van der Waals surface area contributed by atoms with Crippen LogP contribution in [-0.4, -0.2) is 44.3 Å². The van der Waals surface area contributed by atoms with Gasteiger partial charge in [0.2, 0.25) is 5.88 Å². The van der Waals surface area contributed by atoms with Crippen molar-refractivity contribution in [3.63, 3.8) is 0 Å². The molecule has 0 bridgehead atoms. The first-order valence-electron chi connectivity index (χ1n) is 12.6. The van der Waals surface area contributed by atoms with E-state index in [1.165, 1.54) is 43.8 Å². The lowest BCUT2D eigenvalue weighted by Gasteiger charge is -2.13. The highest BCUT2D eigenvalue weighted by Crippen LogP contribution is 2.31. The Kier molecular flexibility index (Phi) is 8.12. The van der Waals surface area contributed by atoms with Gasteiger partial charge in [-0.05, 0) is 42.5 Å². The summed E-state index contributed by atoms with van der Waals surface area (Å²) in [6.45, 7) is 0.294. The summed E-state index contributed by atoms with van der Waals surface area (Å²) in [6.07, 6.45) is 2.44. The molecule has 0 unspecified atom stereocenters. The van der Waals surface area contributed by atoms with E-state index in [2.05, 4.69) is 15.0 Å². The summed E-state index contributed by atoms with van der Waals surface area (Å²) >= 11 is 0. The number of carboxylic acids is 1. The predicted octanol–water partition coefficient (Wildman–Crippen LogP) is 5.30. The molecule has 0 radical (unpaired) electrons. The lowest BCUT2D eigenvalue weighted by molar-refractivity contribution is 0.0697. The van der Waals surface area contributed by atoms with Gasteiger partial charge < -0.3 is 19.1 Å². The zero-order valence-electron chi connectivity index (χ0n) is 22.1. The molecule has 0 aliphatic carbocycles. The molecule has 0 fully saturated rings. The second-order valence-corrected chi connectivity index (χ2v) is 9.19. The number of benzene rings is 3. The van der Waals surface area contributed by atoms with Gasteiger partial charge in [-0.15, -0.1) is 0 Å². The van der Waals surface area contributed by atoms with Crippen molar-refractivity contribution < 1.29 is 32.5 Å². The zero-order chi connectivity index (χ0) is 29.8. The summed E-state index contributed by atoms with van der Waals surface area (Å²) in [5.41, 5.74) is 1.19. The molecule has 1 N–H and O–H groups in total. The Hall–Kier alpha value is -5.28. The van der Waals surface area contributed by atoms with Crippen LogP contribution < -0.4 is 4.74 Å². The molecule has 0 aliphatic rings. The maximum atomic E-state index is 15.5. The minimum absolute atomic E-state index is 0.0458. The number of hydrogen-bond donors (Lipinski definition) is 1. The number of fused-ring (bicyclic) bond motifs is 1. The molecule has 3 aromatic carbocycles.